The summed E-state index contributed by atoms with van der Waals surface area (Å²) in [7, 11) is -3.93. The summed E-state index contributed by atoms with van der Waals surface area (Å²) in [6.45, 7) is 3.84. The molecule has 1 aliphatic rings. The molecule has 1 aliphatic heterocycles. The molecule has 0 saturated carbocycles. The fraction of sp³-hybridized carbons (Fsp3) is 0.529. The fourth-order valence-electron chi connectivity index (χ4n) is 2.85. The van der Waals surface area contributed by atoms with Crippen LogP contribution in [0.5, 0.6) is 0 Å². The van der Waals surface area contributed by atoms with Gasteiger partial charge in [0.1, 0.15) is 11.1 Å². The molecule has 25 heavy (non-hydrogen) atoms. The van der Waals surface area contributed by atoms with E-state index < -0.39 is 32.7 Å². The van der Waals surface area contributed by atoms with E-state index in [0.717, 1.165) is 24.3 Å². The lowest BCUT2D eigenvalue weighted by atomic mass is 9.98. The summed E-state index contributed by atoms with van der Waals surface area (Å²) in [6, 6.07) is 4.38. The summed E-state index contributed by atoms with van der Waals surface area (Å²) in [5, 5.41) is -1.31. The first-order valence-electron chi connectivity index (χ1n) is 8.22. The molecule has 0 spiro atoms. The van der Waals surface area contributed by atoms with E-state index in [1.54, 1.807) is 6.92 Å². The Morgan fingerprint density at radius 1 is 1.32 bits per heavy atom. The number of carbonyl (C=O) groups excluding carboxylic acids is 2. The lowest BCUT2D eigenvalue weighted by Crippen LogP contribution is -2.48. The highest BCUT2D eigenvalue weighted by Gasteiger charge is 2.36. The van der Waals surface area contributed by atoms with Crippen LogP contribution in [-0.2, 0) is 24.2 Å². The number of sulfone groups is 1. The number of piperidine rings is 1. The first kappa shape index (κ1) is 19.4. The number of esters is 1. The largest absolute Gasteiger partial charge is 0.466 e. The Balaban J connectivity index is 2.13. The van der Waals surface area contributed by atoms with Gasteiger partial charge in [0.15, 0.2) is 9.84 Å². The number of likely N-dealkylation sites (tertiary alicyclic amines) is 1. The predicted molar refractivity (Wildman–Crippen MR) is 89.0 cm³/mol. The van der Waals surface area contributed by atoms with E-state index in [-0.39, 0.29) is 24.0 Å². The predicted octanol–water partition coefficient (Wildman–Crippen LogP) is 1.79. The van der Waals surface area contributed by atoms with Crippen LogP contribution in [0.25, 0.3) is 0 Å². The molecule has 2 rings (SSSR count). The van der Waals surface area contributed by atoms with Crippen LogP contribution in [0.15, 0.2) is 29.2 Å². The highest BCUT2D eigenvalue weighted by molar-refractivity contribution is 7.92. The Kier molecular flexibility index (Phi) is 6.16. The molecule has 6 nitrogen and oxygen atoms in total. The van der Waals surface area contributed by atoms with Crippen LogP contribution < -0.4 is 0 Å². The number of halogens is 1. The SMILES string of the molecule is CCOC(=O)[C@@H]1CCCN(C(=O)[C@@H](C)S(=O)(=O)c2ccc(F)cc2)C1. The van der Waals surface area contributed by atoms with Gasteiger partial charge in [-0.15, -0.1) is 0 Å². The van der Waals surface area contributed by atoms with Gasteiger partial charge < -0.3 is 9.64 Å². The molecule has 0 radical (unpaired) electrons. The fourth-order valence-corrected chi connectivity index (χ4v) is 4.19. The summed E-state index contributed by atoms with van der Waals surface area (Å²) in [5.74, 6) is -1.91. The molecule has 0 N–H and O–H groups in total. The van der Waals surface area contributed by atoms with E-state index in [4.69, 9.17) is 4.74 Å². The van der Waals surface area contributed by atoms with Crippen molar-refractivity contribution in [3.8, 4) is 0 Å². The third-order valence-corrected chi connectivity index (χ3v) is 6.37. The zero-order chi connectivity index (χ0) is 18.6. The number of ether oxygens (including phenoxy) is 1. The van der Waals surface area contributed by atoms with E-state index in [0.29, 0.717) is 19.4 Å². The Labute approximate surface area is 146 Å². The normalized spacial score (nSPS) is 19.3. The van der Waals surface area contributed by atoms with Crippen molar-refractivity contribution >= 4 is 21.7 Å². The summed E-state index contributed by atoms with van der Waals surface area (Å²) < 4.78 is 43.1. The highest BCUT2D eigenvalue weighted by atomic mass is 32.2. The molecule has 1 heterocycles. The van der Waals surface area contributed by atoms with Gasteiger partial charge in [0, 0.05) is 13.1 Å². The molecule has 0 aromatic heterocycles. The first-order chi connectivity index (χ1) is 11.8. The average molecular weight is 371 g/mol. The second-order valence-corrected chi connectivity index (χ2v) is 8.29. The molecule has 138 valence electrons. The van der Waals surface area contributed by atoms with E-state index >= 15 is 0 Å². The van der Waals surface area contributed by atoms with Crippen molar-refractivity contribution in [1.29, 1.82) is 0 Å². The lowest BCUT2D eigenvalue weighted by Gasteiger charge is -2.33. The number of carbonyl (C=O) groups is 2. The maximum atomic E-state index is 13.0. The van der Waals surface area contributed by atoms with Crippen molar-refractivity contribution in [2.45, 2.75) is 36.8 Å². The number of rotatable bonds is 5. The highest BCUT2D eigenvalue weighted by Crippen LogP contribution is 2.22. The van der Waals surface area contributed by atoms with E-state index in [9.17, 15) is 22.4 Å². The Hall–Kier alpha value is -1.96. The van der Waals surface area contributed by atoms with Gasteiger partial charge in [-0.25, -0.2) is 12.8 Å². The van der Waals surface area contributed by atoms with Crippen LogP contribution in [0.4, 0.5) is 4.39 Å². The Morgan fingerprint density at radius 2 is 1.96 bits per heavy atom. The standard InChI is InChI=1S/C17H22FNO5S/c1-3-24-17(21)13-5-4-10-19(11-13)16(20)12(2)25(22,23)15-8-6-14(18)7-9-15/h6-9,12-13H,3-5,10-11H2,1-2H3/t12-,13-/m1/s1. The van der Waals surface area contributed by atoms with Gasteiger partial charge in [-0.3, -0.25) is 9.59 Å². The molecule has 0 bridgehead atoms. The maximum Gasteiger partial charge on any atom is 0.310 e. The molecule has 1 aromatic carbocycles. The van der Waals surface area contributed by atoms with Crippen molar-refractivity contribution in [3.63, 3.8) is 0 Å². The van der Waals surface area contributed by atoms with Gasteiger partial charge in [-0.05, 0) is 51.0 Å². The summed E-state index contributed by atoms with van der Waals surface area (Å²) in [4.78, 5) is 25.8. The molecule has 0 aliphatic carbocycles. The third kappa shape index (κ3) is 4.36. The van der Waals surface area contributed by atoms with Crippen molar-refractivity contribution in [2.75, 3.05) is 19.7 Å². The van der Waals surface area contributed by atoms with Gasteiger partial charge in [0.05, 0.1) is 17.4 Å². The van der Waals surface area contributed by atoms with Crippen LogP contribution in [0.3, 0.4) is 0 Å². The third-order valence-electron chi connectivity index (χ3n) is 4.31. The summed E-state index contributed by atoms with van der Waals surface area (Å²) in [5.41, 5.74) is 0. The van der Waals surface area contributed by atoms with Crippen molar-refractivity contribution < 1.29 is 27.1 Å². The summed E-state index contributed by atoms with van der Waals surface area (Å²) >= 11 is 0. The van der Waals surface area contributed by atoms with Gasteiger partial charge in [-0.1, -0.05) is 0 Å². The van der Waals surface area contributed by atoms with Gasteiger partial charge >= 0.3 is 5.97 Å². The lowest BCUT2D eigenvalue weighted by molar-refractivity contribution is -0.151. The number of hydrogen-bond donors (Lipinski definition) is 0. The van der Waals surface area contributed by atoms with E-state index in [2.05, 4.69) is 0 Å². The number of benzene rings is 1. The van der Waals surface area contributed by atoms with Crippen LogP contribution >= 0.6 is 0 Å². The minimum absolute atomic E-state index is 0.103. The van der Waals surface area contributed by atoms with E-state index in [1.807, 2.05) is 0 Å². The zero-order valence-corrected chi connectivity index (χ0v) is 15.1. The Bertz CT molecular complexity index is 732. The molecule has 8 heteroatoms. The monoisotopic (exact) mass is 371 g/mol. The first-order valence-corrected chi connectivity index (χ1v) is 9.77. The maximum absolute atomic E-state index is 13.0. The average Bonchev–Trinajstić information content (AvgIpc) is 2.61. The second kappa shape index (κ2) is 7.95. The van der Waals surface area contributed by atoms with E-state index in [1.165, 1.54) is 11.8 Å². The molecular weight excluding hydrogens is 349 g/mol. The molecule has 2 atom stereocenters. The van der Waals surface area contributed by atoms with Crippen molar-refractivity contribution in [2.24, 2.45) is 5.92 Å². The van der Waals surface area contributed by atoms with Crippen LogP contribution in [0, 0.1) is 11.7 Å². The topological polar surface area (TPSA) is 80.8 Å². The van der Waals surface area contributed by atoms with Crippen LogP contribution in [0.2, 0.25) is 0 Å². The van der Waals surface area contributed by atoms with Crippen LogP contribution in [-0.4, -0.2) is 50.1 Å². The Morgan fingerprint density at radius 3 is 2.56 bits per heavy atom. The molecule has 1 amide bonds. The van der Waals surface area contributed by atoms with Gasteiger partial charge in [0.25, 0.3) is 0 Å². The number of nitrogens with zero attached hydrogens (tertiary/aromatic N) is 1. The minimum atomic E-state index is -3.93. The summed E-state index contributed by atoms with van der Waals surface area (Å²) in [6.07, 6.45) is 1.22. The molecular formula is C17H22FNO5S. The van der Waals surface area contributed by atoms with Gasteiger partial charge in [-0.2, -0.15) is 0 Å². The molecule has 1 aromatic rings. The van der Waals surface area contributed by atoms with Crippen molar-refractivity contribution in [3.05, 3.63) is 30.1 Å². The zero-order valence-electron chi connectivity index (χ0n) is 14.3. The smallest absolute Gasteiger partial charge is 0.310 e. The van der Waals surface area contributed by atoms with Gasteiger partial charge in [0.2, 0.25) is 5.91 Å². The molecule has 1 saturated heterocycles. The van der Waals surface area contributed by atoms with Crippen molar-refractivity contribution in [1.82, 2.24) is 4.90 Å². The second-order valence-electron chi connectivity index (χ2n) is 6.02. The molecule has 1 fully saturated rings. The quantitative estimate of drug-likeness (QED) is 0.582. The van der Waals surface area contributed by atoms with Crippen LogP contribution in [0.1, 0.15) is 26.7 Å². The number of amides is 1. The number of hydrogen-bond acceptors (Lipinski definition) is 5. The molecule has 0 unspecified atom stereocenters. The minimum Gasteiger partial charge on any atom is -0.466 e.